The van der Waals surface area contributed by atoms with Gasteiger partial charge >= 0.3 is 11.9 Å². The summed E-state index contributed by atoms with van der Waals surface area (Å²) in [6.45, 7) is 4.86. The molecule has 0 aromatic rings. The molecule has 3 aliphatic rings. The summed E-state index contributed by atoms with van der Waals surface area (Å²) in [4.78, 5) is 10.8. The number of fused-ring (bicyclic) bond motifs is 3. The quantitative estimate of drug-likeness (QED) is 0.602. The molecule has 3 fully saturated rings. The molecule has 80 valence electrons. The molecule has 0 saturated carbocycles. The van der Waals surface area contributed by atoms with Crippen LogP contribution in [0.25, 0.3) is 0 Å². The Morgan fingerprint density at radius 2 is 1.86 bits per heavy atom. The van der Waals surface area contributed by atoms with E-state index in [9.17, 15) is 4.79 Å². The zero-order chi connectivity index (χ0) is 10.2. The maximum absolute atomic E-state index is 10.8. The Balaban J connectivity index is 2.03. The van der Waals surface area contributed by atoms with E-state index in [2.05, 4.69) is 0 Å². The van der Waals surface area contributed by atoms with Gasteiger partial charge in [-0.15, -0.1) is 0 Å². The van der Waals surface area contributed by atoms with Gasteiger partial charge in [0.1, 0.15) is 0 Å². The monoisotopic (exact) mass is 202 g/mol. The second-order valence-electron chi connectivity index (χ2n) is 3.65. The van der Waals surface area contributed by atoms with Gasteiger partial charge in [-0.2, -0.15) is 0 Å². The molecule has 0 N–H and O–H groups in total. The Bertz CT molecular complexity index is 218. The number of rotatable bonds is 2. The van der Waals surface area contributed by atoms with Crippen LogP contribution >= 0.6 is 0 Å². The van der Waals surface area contributed by atoms with Crippen molar-refractivity contribution in [2.45, 2.75) is 25.9 Å². The maximum Gasteiger partial charge on any atom is 0.322 e. The highest BCUT2D eigenvalue weighted by Gasteiger charge is 2.50. The highest BCUT2D eigenvalue weighted by molar-refractivity contribution is 5.66. The lowest BCUT2D eigenvalue weighted by molar-refractivity contribution is -0.470. The van der Waals surface area contributed by atoms with E-state index in [0.717, 1.165) is 0 Å². The molecular formula is C9H14O5. The van der Waals surface area contributed by atoms with Gasteiger partial charge in [-0.25, -0.2) is 0 Å². The van der Waals surface area contributed by atoms with Gasteiger partial charge in [0.15, 0.2) is 6.10 Å². The summed E-state index contributed by atoms with van der Waals surface area (Å²) < 4.78 is 21.2. The molecule has 0 aromatic heterocycles. The van der Waals surface area contributed by atoms with Gasteiger partial charge in [-0.05, 0) is 6.92 Å². The first-order chi connectivity index (χ1) is 6.62. The van der Waals surface area contributed by atoms with Crippen molar-refractivity contribution in [2.75, 3.05) is 19.8 Å². The minimum atomic E-state index is -1.17. The third kappa shape index (κ3) is 1.63. The minimum Gasteiger partial charge on any atom is -0.454 e. The number of carbonyl (C=O) groups excluding carboxylic acids is 1. The molecular weight excluding hydrogens is 188 g/mol. The van der Waals surface area contributed by atoms with Crippen molar-refractivity contribution in [1.82, 2.24) is 0 Å². The zero-order valence-corrected chi connectivity index (χ0v) is 8.32. The third-order valence-corrected chi connectivity index (χ3v) is 2.40. The van der Waals surface area contributed by atoms with Crippen molar-refractivity contribution in [3.8, 4) is 0 Å². The van der Waals surface area contributed by atoms with E-state index in [1.54, 1.807) is 6.92 Å². The predicted octanol–water partition coefficient (Wildman–Crippen LogP) is 0.285. The summed E-state index contributed by atoms with van der Waals surface area (Å²) in [5.41, 5.74) is 0. The van der Waals surface area contributed by atoms with Crippen molar-refractivity contribution in [3.63, 3.8) is 0 Å². The molecule has 1 unspecified atom stereocenters. The Kier molecular flexibility index (Phi) is 2.47. The highest BCUT2D eigenvalue weighted by Crippen LogP contribution is 2.34. The van der Waals surface area contributed by atoms with Crippen LogP contribution in [0.3, 0.4) is 0 Å². The highest BCUT2D eigenvalue weighted by atomic mass is 16.9. The first-order valence-electron chi connectivity index (χ1n) is 4.71. The number of hydrogen-bond donors (Lipinski definition) is 0. The normalized spacial score (nSPS) is 38.0. The molecule has 5 heteroatoms. The summed E-state index contributed by atoms with van der Waals surface area (Å²) in [6, 6.07) is 0. The van der Waals surface area contributed by atoms with Crippen LogP contribution in [0.15, 0.2) is 0 Å². The number of hydrogen-bond acceptors (Lipinski definition) is 5. The molecule has 2 bridgehead atoms. The van der Waals surface area contributed by atoms with Crippen molar-refractivity contribution in [2.24, 2.45) is 5.92 Å². The van der Waals surface area contributed by atoms with Gasteiger partial charge in [0.25, 0.3) is 0 Å². The SMILES string of the molecule is CC(=O)OC(C)C12OCC(CO1)CO2. The smallest absolute Gasteiger partial charge is 0.322 e. The molecule has 3 aliphatic heterocycles. The summed E-state index contributed by atoms with van der Waals surface area (Å²) >= 11 is 0. The fourth-order valence-corrected chi connectivity index (χ4v) is 1.64. The topological polar surface area (TPSA) is 54.0 Å². The van der Waals surface area contributed by atoms with Crippen LogP contribution in [0.5, 0.6) is 0 Å². The lowest BCUT2D eigenvalue weighted by Crippen LogP contribution is -2.60. The fourth-order valence-electron chi connectivity index (χ4n) is 1.64. The van der Waals surface area contributed by atoms with Crippen molar-refractivity contribution in [1.29, 1.82) is 0 Å². The second-order valence-corrected chi connectivity index (χ2v) is 3.65. The van der Waals surface area contributed by atoms with Gasteiger partial charge in [0.2, 0.25) is 0 Å². The molecule has 0 radical (unpaired) electrons. The van der Waals surface area contributed by atoms with E-state index in [4.69, 9.17) is 18.9 Å². The first-order valence-corrected chi connectivity index (χ1v) is 4.71. The van der Waals surface area contributed by atoms with Gasteiger partial charge in [0, 0.05) is 12.8 Å². The van der Waals surface area contributed by atoms with Crippen LogP contribution in [-0.4, -0.2) is 37.9 Å². The van der Waals surface area contributed by atoms with E-state index in [1.807, 2.05) is 0 Å². The van der Waals surface area contributed by atoms with Crippen molar-refractivity contribution < 1.29 is 23.7 Å². The zero-order valence-electron chi connectivity index (χ0n) is 8.32. The van der Waals surface area contributed by atoms with Gasteiger partial charge in [-0.3, -0.25) is 4.79 Å². The third-order valence-electron chi connectivity index (χ3n) is 2.40. The Hall–Kier alpha value is -0.650. The number of esters is 1. The Morgan fingerprint density at radius 1 is 1.36 bits per heavy atom. The van der Waals surface area contributed by atoms with E-state index in [-0.39, 0.29) is 5.97 Å². The Labute approximate surface area is 82.3 Å². The summed E-state index contributed by atoms with van der Waals surface area (Å²) in [5.74, 6) is -1.22. The van der Waals surface area contributed by atoms with Crippen LogP contribution in [-0.2, 0) is 23.7 Å². The molecule has 0 aliphatic carbocycles. The molecule has 1 atom stereocenters. The standard InChI is InChI=1S/C9H14O5/c1-6(14-7(2)10)9-11-3-8(4-12-9)5-13-9/h6,8H,3-5H2,1-2H3. The summed E-state index contributed by atoms with van der Waals surface area (Å²) in [7, 11) is 0. The fraction of sp³-hybridized carbons (Fsp3) is 0.889. The van der Waals surface area contributed by atoms with E-state index < -0.39 is 12.1 Å². The minimum absolute atomic E-state index is 0.307. The van der Waals surface area contributed by atoms with Crippen LogP contribution in [0.4, 0.5) is 0 Å². The average Bonchev–Trinajstić information content (AvgIpc) is 2.19. The first kappa shape index (κ1) is 9.89. The lowest BCUT2D eigenvalue weighted by atomic mass is 10.1. The molecule has 3 rings (SSSR count). The molecule has 3 heterocycles. The second kappa shape index (κ2) is 3.49. The molecule has 0 aromatic carbocycles. The summed E-state index contributed by atoms with van der Waals surface area (Å²) in [6.07, 6.45) is -0.541. The van der Waals surface area contributed by atoms with Gasteiger partial charge in [-0.1, -0.05) is 0 Å². The Morgan fingerprint density at radius 3 is 2.29 bits per heavy atom. The van der Waals surface area contributed by atoms with E-state index >= 15 is 0 Å². The van der Waals surface area contributed by atoms with Gasteiger partial charge < -0.3 is 18.9 Å². The molecule has 0 spiro atoms. The van der Waals surface area contributed by atoms with Crippen LogP contribution in [0.1, 0.15) is 13.8 Å². The number of ether oxygens (including phenoxy) is 4. The lowest BCUT2D eigenvalue weighted by Gasteiger charge is -2.47. The molecule has 3 saturated heterocycles. The molecule has 14 heavy (non-hydrogen) atoms. The van der Waals surface area contributed by atoms with E-state index in [0.29, 0.717) is 25.7 Å². The number of carbonyl (C=O) groups is 1. The predicted molar refractivity (Wildman–Crippen MR) is 45.3 cm³/mol. The van der Waals surface area contributed by atoms with Crippen molar-refractivity contribution >= 4 is 5.97 Å². The van der Waals surface area contributed by atoms with Crippen LogP contribution in [0, 0.1) is 5.92 Å². The van der Waals surface area contributed by atoms with Crippen LogP contribution in [0.2, 0.25) is 0 Å². The van der Waals surface area contributed by atoms with Crippen LogP contribution < -0.4 is 0 Å². The van der Waals surface area contributed by atoms with E-state index in [1.165, 1.54) is 6.92 Å². The summed E-state index contributed by atoms with van der Waals surface area (Å²) in [5, 5.41) is 0. The van der Waals surface area contributed by atoms with Gasteiger partial charge in [0.05, 0.1) is 19.8 Å². The average molecular weight is 202 g/mol. The molecule has 0 amide bonds. The van der Waals surface area contributed by atoms with Crippen molar-refractivity contribution in [3.05, 3.63) is 0 Å². The molecule has 5 nitrogen and oxygen atoms in total. The maximum atomic E-state index is 10.8. The largest absolute Gasteiger partial charge is 0.454 e.